The number of halogens is 1. The first-order valence-corrected chi connectivity index (χ1v) is 7.21. The molecule has 0 unspecified atom stereocenters. The molecule has 0 spiro atoms. The number of nitrogens with zero attached hydrogens (tertiary/aromatic N) is 1. The molecule has 1 heterocycles. The number of ether oxygens (including phenoxy) is 1. The van der Waals surface area contributed by atoms with Crippen LogP contribution in [0.4, 0.5) is 16.2 Å². The summed E-state index contributed by atoms with van der Waals surface area (Å²) in [6.45, 7) is 3.65. The summed E-state index contributed by atoms with van der Waals surface area (Å²) in [4.78, 5) is 13.3. The topological polar surface area (TPSA) is 67.6 Å². The van der Waals surface area contributed by atoms with Gasteiger partial charge in [0, 0.05) is 24.8 Å². The van der Waals surface area contributed by atoms with Crippen LogP contribution >= 0.6 is 11.6 Å². The van der Waals surface area contributed by atoms with Gasteiger partial charge in [-0.05, 0) is 38.0 Å². The maximum atomic E-state index is 11.6. The Kier molecular flexibility index (Phi) is 4.95. The molecule has 110 valence electrons. The number of likely N-dealkylation sites (tertiary alicyclic amines) is 1. The summed E-state index contributed by atoms with van der Waals surface area (Å²) in [6, 6.07) is 5.87. The lowest BCUT2D eigenvalue weighted by molar-refractivity contribution is 0.0983. The Morgan fingerprint density at radius 3 is 2.80 bits per heavy atom. The van der Waals surface area contributed by atoms with Gasteiger partial charge in [0.05, 0.1) is 17.3 Å². The van der Waals surface area contributed by atoms with Crippen LogP contribution in [0.5, 0.6) is 0 Å². The summed E-state index contributed by atoms with van der Waals surface area (Å²) in [5, 5.41) is 3.99. The van der Waals surface area contributed by atoms with Gasteiger partial charge in [-0.3, -0.25) is 0 Å². The maximum absolute atomic E-state index is 11.6. The summed E-state index contributed by atoms with van der Waals surface area (Å²) in [7, 11) is 0. The highest BCUT2D eigenvalue weighted by atomic mass is 35.5. The van der Waals surface area contributed by atoms with Crippen molar-refractivity contribution in [1.29, 1.82) is 0 Å². The predicted octanol–water partition coefficient (Wildman–Crippen LogP) is 2.96. The fraction of sp³-hybridized carbons (Fsp3) is 0.500. The second-order valence-electron chi connectivity index (χ2n) is 4.84. The molecule has 0 atom stereocenters. The van der Waals surface area contributed by atoms with Gasteiger partial charge in [0.2, 0.25) is 0 Å². The van der Waals surface area contributed by atoms with Crippen LogP contribution in [0.15, 0.2) is 18.2 Å². The first-order chi connectivity index (χ1) is 9.60. The molecule has 5 nitrogen and oxygen atoms in total. The summed E-state index contributed by atoms with van der Waals surface area (Å²) < 4.78 is 5.00. The van der Waals surface area contributed by atoms with Crippen LogP contribution in [0.3, 0.4) is 0 Å². The molecule has 6 heteroatoms. The number of hydrogen-bond acceptors (Lipinski definition) is 4. The third-order valence-corrected chi connectivity index (χ3v) is 3.73. The molecule has 3 N–H and O–H groups in total. The summed E-state index contributed by atoms with van der Waals surface area (Å²) in [5.41, 5.74) is 7.31. The van der Waals surface area contributed by atoms with Crippen LogP contribution in [0.25, 0.3) is 0 Å². The zero-order valence-electron chi connectivity index (χ0n) is 11.6. The molecule has 1 fully saturated rings. The molecule has 0 aliphatic carbocycles. The van der Waals surface area contributed by atoms with Gasteiger partial charge in [0.25, 0.3) is 0 Å². The number of rotatable bonds is 3. The number of piperidine rings is 1. The fourth-order valence-electron chi connectivity index (χ4n) is 2.29. The van der Waals surface area contributed by atoms with Crippen molar-refractivity contribution in [2.45, 2.75) is 25.8 Å². The van der Waals surface area contributed by atoms with Gasteiger partial charge in [-0.25, -0.2) is 4.79 Å². The second kappa shape index (κ2) is 6.70. The van der Waals surface area contributed by atoms with Crippen LogP contribution in [0, 0.1) is 0 Å². The van der Waals surface area contributed by atoms with Crippen LogP contribution in [-0.4, -0.2) is 36.7 Å². The third kappa shape index (κ3) is 3.70. The van der Waals surface area contributed by atoms with E-state index in [-0.39, 0.29) is 6.09 Å². The van der Waals surface area contributed by atoms with Crippen molar-refractivity contribution < 1.29 is 9.53 Å². The number of nitrogens with one attached hydrogen (secondary N) is 1. The zero-order valence-corrected chi connectivity index (χ0v) is 12.3. The summed E-state index contributed by atoms with van der Waals surface area (Å²) in [6.07, 6.45) is 1.56. The van der Waals surface area contributed by atoms with Gasteiger partial charge in [-0.1, -0.05) is 11.6 Å². The Hall–Kier alpha value is -1.62. The van der Waals surface area contributed by atoms with Crippen molar-refractivity contribution >= 4 is 29.1 Å². The van der Waals surface area contributed by atoms with Crippen LogP contribution in [0.2, 0.25) is 5.02 Å². The molecule has 0 radical (unpaired) electrons. The molecule has 0 saturated carbocycles. The van der Waals surface area contributed by atoms with Gasteiger partial charge in [0.15, 0.2) is 0 Å². The minimum Gasteiger partial charge on any atom is -0.450 e. The molecule has 1 amide bonds. The van der Waals surface area contributed by atoms with Crippen molar-refractivity contribution in [2.24, 2.45) is 0 Å². The van der Waals surface area contributed by atoms with E-state index in [2.05, 4.69) is 5.32 Å². The molecule has 0 aromatic heterocycles. The number of benzene rings is 1. The van der Waals surface area contributed by atoms with Crippen molar-refractivity contribution in [3.05, 3.63) is 23.2 Å². The largest absolute Gasteiger partial charge is 0.450 e. The lowest BCUT2D eigenvalue weighted by Gasteiger charge is -2.32. The quantitative estimate of drug-likeness (QED) is 0.842. The monoisotopic (exact) mass is 297 g/mol. The van der Waals surface area contributed by atoms with E-state index >= 15 is 0 Å². The average Bonchev–Trinajstić information content (AvgIpc) is 2.44. The first-order valence-electron chi connectivity index (χ1n) is 6.83. The summed E-state index contributed by atoms with van der Waals surface area (Å²) in [5.74, 6) is 0. The molecule has 1 aromatic rings. The van der Waals surface area contributed by atoms with E-state index in [1.807, 2.05) is 19.1 Å². The lowest BCUT2D eigenvalue weighted by atomic mass is 10.0. The number of carbonyl (C=O) groups excluding carboxylic acids is 1. The van der Waals surface area contributed by atoms with Crippen molar-refractivity contribution in [3.63, 3.8) is 0 Å². The maximum Gasteiger partial charge on any atom is 0.409 e. The molecular weight excluding hydrogens is 278 g/mol. The highest BCUT2D eigenvalue weighted by molar-refractivity contribution is 6.33. The molecule has 1 aromatic carbocycles. The van der Waals surface area contributed by atoms with E-state index < -0.39 is 0 Å². The van der Waals surface area contributed by atoms with Gasteiger partial charge < -0.3 is 20.7 Å². The minimum absolute atomic E-state index is 0.221. The summed E-state index contributed by atoms with van der Waals surface area (Å²) >= 11 is 5.90. The normalized spacial score (nSPS) is 16.0. The molecule has 2 rings (SSSR count). The number of nitrogens with two attached hydrogens (primary N) is 1. The van der Waals surface area contributed by atoms with Gasteiger partial charge in [0.1, 0.15) is 0 Å². The van der Waals surface area contributed by atoms with Crippen LogP contribution in [-0.2, 0) is 4.74 Å². The third-order valence-electron chi connectivity index (χ3n) is 3.39. The Balaban J connectivity index is 1.85. The Labute approximate surface area is 124 Å². The molecule has 1 saturated heterocycles. The van der Waals surface area contributed by atoms with Gasteiger partial charge >= 0.3 is 6.09 Å². The number of amides is 1. The molecule has 1 aliphatic heterocycles. The second-order valence-corrected chi connectivity index (χ2v) is 5.25. The van der Waals surface area contributed by atoms with Crippen LogP contribution in [0.1, 0.15) is 19.8 Å². The Morgan fingerprint density at radius 2 is 2.20 bits per heavy atom. The highest BCUT2D eigenvalue weighted by Crippen LogP contribution is 2.24. The molecule has 1 aliphatic rings. The molecular formula is C14H20ClN3O2. The molecule has 20 heavy (non-hydrogen) atoms. The zero-order chi connectivity index (χ0) is 14.5. The fourth-order valence-corrected chi connectivity index (χ4v) is 2.41. The Bertz CT molecular complexity index is 473. The van der Waals surface area contributed by atoms with E-state index in [0.29, 0.717) is 36.4 Å². The highest BCUT2D eigenvalue weighted by Gasteiger charge is 2.23. The standard InChI is InChI=1S/C14H20ClN3O2/c1-2-20-14(19)18-7-5-10(6-8-18)17-11-3-4-12(15)13(16)9-11/h3-4,9-10,17H,2,5-8,16H2,1H3. The van der Waals surface area contributed by atoms with E-state index in [4.69, 9.17) is 22.1 Å². The Morgan fingerprint density at radius 1 is 1.50 bits per heavy atom. The van der Waals surface area contributed by atoms with E-state index in [1.54, 1.807) is 11.0 Å². The number of nitrogen functional groups attached to an aromatic ring is 1. The predicted molar refractivity (Wildman–Crippen MR) is 81.1 cm³/mol. The van der Waals surface area contributed by atoms with E-state index in [0.717, 1.165) is 18.5 Å². The van der Waals surface area contributed by atoms with Crippen molar-refractivity contribution in [2.75, 3.05) is 30.7 Å². The van der Waals surface area contributed by atoms with E-state index in [9.17, 15) is 4.79 Å². The number of anilines is 2. The van der Waals surface area contributed by atoms with Crippen molar-refractivity contribution in [3.8, 4) is 0 Å². The van der Waals surface area contributed by atoms with Gasteiger partial charge in [-0.15, -0.1) is 0 Å². The smallest absolute Gasteiger partial charge is 0.409 e. The van der Waals surface area contributed by atoms with Crippen LogP contribution < -0.4 is 11.1 Å². The van der Waals surface area contributed by atoms with Gasteiger partial charge in [-0.2, -0.15) is 0 Å². The molecule has 0 bridgehead atoms. The minimum atomic E-state index is -0.221. The number of hydrogen-bond donors (Lipinski definition) is 2. The SMILES string of the molecule is CCOC(=O)N1CCC(Nc2ccc(Cl)c(N)c2)CC1. The lowest BCUT2D eigenvalue weighted by Crippen LogP contribution is -2.42. The number of carbonyl (C=O) groups is 1. The van der Waals surface area contributed by atoms with E-state index in [1.165, 1.54) is 0 Å². The average molecular weight is 298 g/mol. The first kappa shape index (κ1) is 14.8. The van der Waals surface area contributed by atoms with Crippen molar-refractivity contribution in [1.82, 2.24) is 4.90 Å².